The van der Waals surface area contributed by atoms with Gasteiger partial charge in [0.05, 0.1) is 26.0 Å². The van der Waals surface area contributed by atoms with Crippen molar-refractivity contribution in [2.75, 3.05) is 16.0 Å². The second-order valence-corrected chi connectivity index (χ2v) is 10.8. The minimum absolute atomic E-state index is 0.125. The predicted octanol–water partition coefficient (Wildman–Crippen LogP) is 4.78. The van der Waals surface area contributed by atoms with Crippen LogP contribution in [-0.4, -0.2) is 37.6 Å². The van der Waals surface area contributed by atoms with Gasteiger partial charge in [0.15, 0.2) is 0 Å². The summed E-state index contributed by atoms with van der Waals surface area (Å²) in [6.45, 7) is 1.27. The van der Waals surface area contributed by atoms with Crippen molar-refractivity contribution in [1.82, 2.24) is 9.71 Å². The molecule has 3 amide bonds. The summed E-state index contributed by atoms with van der Waals surface area (Å²) in [6, 6.07) is 13.5. The predicted molar refractivity (Wildman–Crippen MR) is 143 cm³/mol. The number of amides is 3. The highest BCUT2D eigenvalue weighted by Crippen LogP contribution is 2.23. The first-order chi connectivity index (χ1) is 16.6. The Hall–Kier alpha value is -2.92. The van der Waals surface area contributed by atoms with Gasteiger partial charge in [0.1, 0.15) is 5.82 Å². The maximum absolute atomic E-state index is 13.1. The van der Waals surface area contributed by atoms with Crippen LogP contribution >= 0.6 is 39.1 Å². The molecule has 3 rings (SSSR count). The first-order valence-electron chi connectivity index (χ1n) is 9.97. The molecule has 182 valence electrons. The van der Waals surface area contributed by atoms with Gasteiger partial charge in [0.2, 0.25) is 5.91 Å². The van der Waals surface area contributed by atoms with E-state index >= 15 is 0 Å². The van der Waals surface area contributed by atoms with Gasteiger partial charge in [-0.25, -0.2) is 9.19 Å². The molecule has 1 atom stereocenters. The minimum atomic E-state index is -2.96. The molecule has 1 unspecified atom stereocenters. The molecule has 0 saturated heterocycles. The van der Waals surface area contributed by atoms with Crippen LogP contribution in [0.15, 0.2) is 65.7 Å². The molecule has 1 aromatic heterocycles. The van der Waals surface area contributed by atoms with Crippen LogP contribution in [0.2, 0.25) is 10.0 Å². The van der Waals surface area contributed by atoms with E-state index in [2.05, 4.69) is 36.3 Å². The van der Waals surface area contributed by atoms with Crippen molar-refractivity contribution in [3.8, 4) is 0 Å². The van der Waals surface area contributed by atoms with Gasteiger partial charge in [-0.3, -0.25) is 19.1 Å². The number of carbonyl (C=O) groups is 3. The van der Waals surface area contributed by atoms with Crippen LogP contribution in [0.4, 0.5) is 11.5 Å². The number of aromatic nitrogens is 1. The summed E-state index contributed by atoms with van der Waals surface area (Å²) in [5.41, 5.74) is 0.599. The van der Waals surface area contributed by atoms with Crippen LogP contribution in [0.1, 0.15) is 27.6 Å². The zero-order valence-electron chi connectivity index (χ0n) is 18.2. The van der Waals surface area contributed by atoms with E-state index in [1.54, 1.807) is 6.07 Å². The van der Waals surface area contributed by atoms with E-state index in [-0.39, 0.29) is 22.6 Å². The Bertz CT molecular complexity index is 1390. The summed E-state index contributed by atoms with van der Waals surface area (Å²) < 4.78 is 15.5. The molecule has 0 aliphatic heterocycles. The number of alkyl halides is 1. The first kappa shape index (κ1) is 26.7. The third kappa shape index (κ3) is 7.04. The Labute approximate surface area is 220 Å². The third-order valence-electron chi connectivity index (χ3n) is 4.50. The number of anilines is 2. The maximum Gasteiger partial charge on any atom is 0.258 e. The highest BCUT2D eigenvalue weighted by Gasteiger charge is 2.17. The molecular weight excluding hydrogens is 579 g/mol. The zero-order valence-corrected chi connectivity index (χ0v) is 22.1. The van der Waals surface area contributed by atoms with Gasteiger partial charge in [-0.15, -0.1) is 0 Å². The molecule has 0 fully saturated rings. The summed E-state index contributed by atoms with van der Waals surface area (Å²) in [5, 5.41) is 7.77. The molecule has 0 spiro atoms. The molecule has 3 N–H and O–H groups in total. The van der Waals surface area contributed by atoms with Crippen molar-refractivity contribution in [1.29, 1.82) is 0 Å². The summed E-state index contributed by atoms with van der Waals surface area (Å²) in [5.74, 6) is -1.21. The lowest BCUT2D eigenvalue weighted by atomic mass is 10.1. The van der Waals surface area contributed by atoms with Gasteiger partial charge in [-0.05, 0) is 54.6 Å². The van der Waals surface area contributed by atoms with E-state index in [1.165, 1.54) is 67.0 Å². The number of rotatable bonds is 7. The maximum atomic E-state index is 13.1. The third-order valence-corrected chi connectivity index (χ3v) is 7.91. The second kappa shape index (κ2) is 11.7. The minimum Gasteiger partial charge on any atom is -0.321 e. The Kier molecular flexibility index (Phi) is 8.90. The Morgan fingerprint density at radius 3 is 2.26 bits per heavy atom. The topological polar surface area (TPSA) is 117 Å². The standard InChI is InChI=1S/C23H19BrCl2N4O4S/c1-14(31)30-35(34,11-10-24)18-6-2-15(3-7-18)22(32)28-20-8-4-16(25)12-19(20)23(33)29-21-9-5-17(26)13-27-21/h2-9,11-13H,10H2,1H3,(H,28,32)(H,27,29,33)(H,30,31,34). The summed E-state index contributed by atoms with van der Waals surface area (Å²) >= 11 is 15.1. The monoisotopic (exact) mass is 596 g/mol. The number of halogens is 3. The van der Waals surface area contributed by atoms with Crippen molar-refractivity contribution in [2.24, 2.45) is 0 Å². The van der Waals surface area contributed by atoms with Crippen molar-refractivity contribution >= 4 is 83.4 Å². The molecule has 3 aromatic rings. The molecule has 0 saturated carbocycles. The molecule has 0 radical (unpaired) electrons. The number of hydrogen-bond acceptors (Lipinski definition) is 5. The summed E-state index contributed by atoms with van der Waals surface area (Å²) in [6.07, 6.45) is 1.39. The van der Waals surface area contributed by atoms with Crippen LogP contribution in [-0.2, 0) is 14.5 Å². The zero-order chi connectivity index (χ0) is 25.6. The van der Waals surface area contributed by atoms with E-state index in [9.17, 15) is 18.6 Å². The van der Waals surface area contributed by atoms with Crippen LogP contribution in [0, 0.1) is 0 Å². The highest BCUT2D eigenvalue weighted by molar-refractivity contribution is 9.09. The lowest BCUT2D eigenvalue weighted by Gasteiger charge is -2.14. The fraction of sp³-hybridized carbons (Fsp3) is 0.0870. The van der Waals surface area contributed by atoms with Gasteiger partial charge >= 0.3 is 0 Å². The van der Waals surface area contributed by atoms with Crippen LogP contribution in [0.25, 0.3) is 0 Å². The molecule has 0 bridgehead atoms. The first-order valence-corrected chi connectivity index (χ1v) is 13.5. The quantitative estimate of drug-likeness (QED) is 0.267. The average molecular weight is 598 g/mol. The van der Waals surface area contributed by atoms with Gasteiger partial charge < -0.3 is 10.6 Å². The van der Waals surface area contributed by atoms with Crippen LogP contribution in [0.5, 0.6) is 0 Å². The molecule has 0 aliphatic rings. The summed E-state index contributed by atoms with van der Waals surface area (Å²) in [4.78, 5) is 41.5. The van der Waals surface area contributed by atoms with Gasteiger partial charge in [-0.2, -0.15) is 0 Å². The molecule has 2 aromatic carbocycles. The Balaban J connectivity index is 1.83. The van der Waals surface area contributed by atoms with Crippen molar-refractivity contribution in [3.63, 3.8) is 0 Å². The summed E-state index contributed by atoms with van der Waals surface area (Å²) in [7, 11) is -2.96. The number of nitrogens with one attached hydrogen (secondary N) is 3. The molecule has 12 heteroatoms. The smallest absolute Gasteiger partial charge is 0.258 e. The normalized spacial score (nSPS) is 12.2. The fourth-order valence-electron chi connectivity index (χ4n) is 2.95. The molecule has 1 heterocycles. The number of nitrogens with zero attached hydrogens (tertiary/aromatic N) is 1. The lowest BCUT2D eigenvalue weighted by molar-refractivity contribution is -0.117. The van der Waals surface area contributed by atoms with E-state index in [0.717, 1.165) is 0 Å². The number of carbonyl (C=O) groups excluding carboxylic acids is 3. The van der Waals surface area contributed by atoms with Gasteiger partial charge in [-0.1, -0.05) is 39.1 Å². The fourth-order valence-corrected chi connectivity index (χ4v) is 5.89. The van der Waals surface area contributed by atoms with Crippen LogP contribution in [0.3, 0.4) is 0 Å². The van der Waals surface area contributed by atoms with Gasteiger partial charge in [0.25, 0.3) is 11.8 Å². The Morgan fingerprint density at radius 2 is 1.66 bits per heavy atom. The highest BCUT2D eigenvalue weighted by atomic mass is 79.9. The number of pyridine rings is 1. The van der Waals surface area contributed by atoms with Crippen LogP contribution < -0.4 is 15.4 Å². The average Bonchev–Trinajstić information content (AvgIpc) is 2.81. The van der Waals surface area contributed by atoms with E-state index in [4.69, 9.17) is 23.2 Å². The number of benzene rings is 2. The molecular formula is C23H19BrCl2N4O4S. The van der Waals surface area contributed by atoms with Crippen molar-refractivity contribution in [2.45, 2.75) is 11.8 Å². The van der Waals surface area contributed by atoms with E-state index in [0.29, 0.717) is 20.3 Å². The lowest BCUT2D eigenvalue weighted by Crippen LogP contribution is -2.30. The van der Waals surface area contributed by atoms with E-state index in [1.807, 2.05) is 0 Å². The molecule has 35 heavy (non-hydrogen) atoms. The second-order valence-electron chi connectivity index (χ2n) is 7.06. The Morgan fingerprint density at radius 1 is 0.971 bits per heavy atom. The van der Waals surface area contributed by atoms with Gasteiger partial charge in [0, 0.05) is 39.3 Å². The SMILES string of the molecule is CC(=O)NS(=O)(=CCBr)c1ccc(C(=O)Nc2ccc(Cl)cc2C(=O)Nc2ccc(Cl)cn2)cc1. The molecule has 0 aliphatic carbocycles. The van der Waals surface area contributed by atoms with Crippen molar-refractivity contribution in [3.05, 3.63) is 82.0 Å². The number of hydrogen-bond donors (Lipinski definition) is 3. The van der Waals surface area contributed by atoms with Crippen molar-refractivity contribution < 1.29 is 18.6 Å². The van der Waals surface area contributed by atoms with E-state index < -0.39 is 27.4 Å². The molecule has 8 nitrogen and oxygen atoms in total. The largest absolute Gasteiger partial charge is 0.321 e.